The Morgan fingerprint density at radius 1 is 0.311 bits per heavy atom. The molecule has 9 aromatic rings. The van der Waals surface area contributed by atoms with E-state index in [2.05, 4.69) is 78.9 Å². The molecule has 2 aromatic heterocycles. The van der Waals surface area contributed by atoms with E-state index < -0.39 is 0 Å². The number of furan rings is 1. The Hall–Kier alpha value is -6.13. The third-order valence-corrected chi connectivity index (χ3v) is 8.55. The molecule has 4 heteroatoms. The summed E-state index contributed by atoms with van der Waals surface area (Å²) < 4.78 is 6.21. The van der Waals surface area contributed by atoms with Gasteiger partial charge in [-0.25, -0.2) is 15.0 Å². The first-order chi connectivity index (χ1) is 22.3. The van der Waals surface area contributed by atoms with Crippen molar-refractivity contribution in [1.29, 1.82) is 0 Å². The van der Waals surface area contributed by atoms with E-state index >= 15 is 0 Å². The van der Waals surface area contributed by atoms with Crippen LogP contribution < -0.4 is 0 Å². The lowest BCUT2D eigenvalue weighted by molar-refractivity contribution is 0.669. The normalized spacial score (nSPS) is 11.6. The average Bonchev–Trinajstić information content (AvgIpc) is 3.51. The maximum atomic E-state index is 6.21. The van der Waals surface area contributed by atoms with Gasteiger partial charge >= 0.3 is 0 Å². The van der Waals surface area contributed by atoms with Gasteiger partial charge in [0.25, 0.3) is 0 Å². The van der Waals surface area contributed by atoms with E-state index in [-0.39, 0.29) is 0 Å². The van der Waals surface area contributed by atoms with Gasteiger partial charge in [0.1, 0.15) is 11.2 Å². The van der Waals surface area contributed by atoms with Gasteiger partial charge in [-0.15, -0.1) is 0 Å². The van der Waals surface area contributed by atoms with E-state index in [1.165, 1.54) is 16.3 Å². The van der Waals surface area contributed by atoms with Gasteiger partial charge in [-0.2, -0.15) is 0 Å². The Balaban J connectivity index is 1.27. The van der Waals surface area contributed by atoms with Crippen molar-refractivity contribution in [3.05, 3.63) is 152 Å². The number of para-hydroxylation sites is 1. The molecule has 0 N–H and O–H groups in total. The van der Waals surface area contributed by atoms with Crippen molar-refractivity contribution < 1.29 is 4.42 Å². The van der Waals surface area contributed by atoms with E-state index in [1.807, 2.05) is 72.8 Å². The van der Waals surface area contributed by atoms with Crippen molar-refractivity contribution in [1.82, 2.24) is 15.0 Å². The molecule has 45 heavy (non-hydrogen) atoms. The molecule has 0 radical (unpaired) electrons. The van der Waals surface area contributed by atoms with Gasteiger partial charge in [0.2, 0.25) is 0 Å². The lowest BCUT2D eigenvalue weighted by Crippen LogP contribution is -2.00. The summed E-state index contributed by atoms with van der Waals surface area (Å²) in [5.41, 5.74) is 7.01. The fraction of sp³-hybridized carbons (Fsp3) is 0. The highest BCUT2D eigenvalue weighted by atomic mass is 16.3. The number of hydrogen-bond donors (Lipinski definition) is 0. The largest absolute Gasteiger partial charge is 0.456 e. The maximum absolute atomic E-state index is 6.21. The van der Waals surface area contributed by atoms with Crippen LogP contribution in [0, 0.1) is 0 Å². The summed E-state index contributed by atoms with van der Waals surface area (Å²) in [5.74, 6) is 1.95. The highest BCUT2D eigenvalue weighted by molar-refractivity contribution is 6.22. The standard InChI is InChI=1S/C41H25N3O/c1-3-12-26(13-4-1)39-42-40(27-14-5-2-6-15-27)44-41(43-39)34-22-11-19-29-28(17-9-20-31(29)34)30-18-10-21-33-32(30)24-25-37-38(33)35-16-7-8-23-36(35)45-37/h1-25H. The van der Waals surface area contributed by atoms with Gasteiger partial charge in [-0.05, 0) is 44.8 Å². The molecule has 2 heterocycles. The predicted octanol–water partition coefficient (Wildman–Crippen LogP) is 10.7. The second-order valence-electron chi connectivity index (χ2n) is 11.2. The summed E-state index contributed by atoms with van der Waals surface area (Å²) in [5, 5.41) is 6.88. The zero-order chi connectivity index (χ0) is 29.7. The molecule has 0 atom stereocenters. The minimum Gasteiger partial charge on any atom is -0.456 e. The minimum atomic E-state index is 0.648. The monoisotopic (exact) mass is 575 g/mol. The van der Waals surface area contributed by atoms with E-state index in [0.29, 0.717) is 17.5 Å². The summed E-state index contributed by atoms with van der Waals surface area (Å²) in [7, 11) is 0. The third-order valence-electron chi connectivity index (χ3n) is 8.55. The first-order valence-electron chi connectivity index (χ1n) is 15.0. The van der Waals surface area contributed by atoms with Crippen LogP contribution in [0.4, 0.5) is 0 Å². The highest BCUT2D eigenvalue weighted by Crippen LogP contribution is 2.41. The van der Waals surface area contributed by atoms with Crippen LogP contribution in [0.1, 0.15) is 0 Å². The van der Waals surface area contributed by atoms with Gasteiger partial charge in [0.15, 0.2) is 17.5 Å². The summed E-state index contributed by atoms with van der Waals surface area (Å²) in [4.78, 5) is 14.9. The van der Waals surface area contributed by atoms with Crippen molar-refractivity contribution in [2.45, 2.75) is 0 Å². The molecule has 210 valence electrons. The Morgan fingerprint density at radius 2 is 0.800 bits per heavy atom. The predicted molar refractivity (Wildman–Crippen MR) is 184 cm³/mol. The van der Waals surface area contributed by atoms with Crippen LogP contribution in [-0.2, 0) is 0 Å². The molecule has 0 saturated heterocycles. The molecule has 0 fully saturated rings. The number of hydrogen-bond acceptors (Lipinski definition) is 4. The summed E-state index contributed by atoms with van der Waals surface area (Å²) in [6.45, 7) is 0. The van der Waals surface area contributed by atoms with Gasteiger partial charge in [-0.1, -0.05) is 140 Å². The molecule has 0 aliphatic heterocycles. The zero-order valence-electron chi connectivity index (χ0n) is 24.2. The maximum Gasteiger partial charge on any atom is 0.164 e. The molecule has 4 nitrogen and oxygen atoms in total. The average molecular weight is 576 g/mol. The quantitative estimate of drug-likeness (QED) is 0.209. The molecular weight excluding hydrogens is 550 g/mol. The van der Waals surface area contributed by atoms with Crippen LogP contribution in [0.15, 0.2) is 156 Å². The van der Waals surface area contributed by atoms with Crippen LogP contribution in [0.3, 0.4) is 0 Å². The van der Waals surface area contributed by atoms with Crippen LogP contribution in [0.2, 0.25) is 0 Å². The Morgan fingerprint density at radius 3 is 1.47 bits per heavy atom. The number of nitrogens with zero attached hydrogens (tertiary/aromatic N) is 3. The van der Waals surface area contributed by atoms with Gasteiger partial charge in [0.05, 0.1) is 0 Å². The molecule has 9 rings (SSSR count). The fourth-order valence-electron chi connectivity index (χ4n) is 6.49. The molecule has 7 aromatic carbocycles. The fourth-order valence-corrected chi connectivity index (χ4v) is 6.49. The molecule has 0 aliphatic carbocycles. The Bertz CT molecular complexity index is 2480. The Kier molecular flexibility index (Phi) is 5.78. The number of fused-ring (bicyclic) bond motifs is 6. The van der Waals surface area contributed by atoms with Crippen molar-refractivity contribution in [2.75, 3.05) is 0 Å². The summed E-state index contributed by atoms with van der Waals surface area (Å²) in [6, 6.07) is 52.2. The molecule has 0 unspecified atom stereocenters. The van der Waals surface area contributed by atoms with Crippen molar-refractivity contribution in [2.24, 2.45) is 0 Å². The third kappa shape index (κ3) is 4.19. The topological polar surface area (TPSA) is 51.8 Å². The highest BCUT2D eigenvalue weighted by Gasteiger charge is 2.17. The summed E-state index contributed by atoms with van der Waals surface area (Å²) in [6.07, 6.45) is 0. The molecule has 0 aliphatic rings. The summed E-state index contributed by atoms with van der Waals surface area (Å²) >= 11 is 0. The Labute approximate surface area is 259 Å². The van der Waals surface area contributed by atoms with Crippen LogP contribution >= 0.6 is 0 Å². The van der Waals surface area contributed by atoms with Crippen molar-refractivity contribution >= 4 is 43.5 Å². The second kappa shape index (κ2) is 10.2. The first kappa shape index (κ1) is 25.4. The smallest absolute Gasteiger partial charge is 0.164 e. The minimum absolute atomic E-state index is 0.648. The van der Waals surface area contributed by atoms with E-state index in [1.54, 1.807) is 0 Å². The SMILES string of the molecule is c1ccc(-c2nc(-c3ccccc3)nc(-c3cccc4c(-c5cccc6c5ccc5oc7ccccc7c56)cccc34)n2)cc1. The van der Waals surface area contributed by atoms with E-state index in [4.69, 9.17) is 19.4 Å². The molecular formula is C41H25N3O. The van der Waals surface area contributed by atoms with Gasteiger partial charge in [0, 0.05) is 27.5 Å². The van der Waals surface area contributed by atoms with Gasteiger partial charge < -0.3 is 4.42 Å². The first-order valence-corrected chi connectivity index (χ1v) is 15.0. The van der Waals surface area contributed by atoms with Crippen molar-refractivity contribution in [3.63, 3.8) is 0 Å². The van der Waals surface area contributed by atoms with Crippen LogP contribution in [0.5, 0.6) is 0 Å². The van der Waals surface area contributed by atoms with Gasteiger partial charge in [-0.3, -0.25) is 0 Å². The zero-order valence-corrected chi connectivity index (χ0v) is 24.2. The molecule has 0 amide bonds. The van der Waals surface area contributed by atoms with Crippen LogP contribution in [0.25, 0.3) is 88.8 Å². The van der Waals surface area contributed by atoms with Crippen LogP contribution in [-0.4, -0.2) is 15.0 Å². The molecule has 0 spiro atoms. The number of benzene rings is 7. The number of aromatic nitrogens is 3. The van der Waals surface area contributed by atoms with E-state index in [0.717, 1.165) is 55.0 Å². The second-order valence-corrected chi connectivity index (χ2v) is 11.2. The lowest BCUT2D eigenvalue weighted by atomic mass is 9.91. The van der Waals surface area contributed by atoms with Crippen molar-refractivity contribution in [3.8, 4) is 45.3 Å². The van der Waals surface area contributed by atoms with E-state index in [9.17, 15) is 0 Å². The molecule has 0 saturated carbocycles. The number of rotatable bonds is 4. The lowest BCUT2D eigenvalue weighted by Gasteiger charge is -2.14. The molecule has 0 bridgehead atoms.